The molecule has 1 saturated carbocycles. The Morgan fingerprint density at radius 3 is 2.81 bits per heavy atom. The highest BCUT2D eigenvalue weighted by molar-refractivity contribution is 4.89. The second-order valence-electron chi connectivity index (χ2n) is 4.79. The van der Waals surface area contributed by atoms with Gasteiger partial charge in [0.1, 0.15) is 5.76 Å². The van der Waals surface area contributed by atoms with Gasteiger partial charge in [-0.25, -0.2) is 4.98 Å². The number of rotatable bonds is 5. The standard InChI is InChI=1S/C12H20N2O2/c15-9-12(4-2-1-3-5-12)8-13-6-11-7-14-10-16-11/h7,10,13,15H,1-6,8-9H2. The van der Waals surface area contributed by atoms with Crippen molar-refractivity contribution in [3.05, 3.63) is 18.4 Å². The lowest BCUT2D eigenvalue weighted by Crippen LogP contribution is -2.38. The van der Waals surface area contributed by atoms with E-state index in [1.807, 2.05) is 0 Å². The van der Waals surface area contributed by atoms with Crippen molar-refractivity contribution >= 4 is 0 Å². The Kier molecular flexibility index (Phi) is 3.96. The molecule has 0 atom stereocenters. The Morgan fingerprint density at radius 1 is 1.38 bits per heavy atom. The fourth-order valence-corrected chi connectivity index (χ4v) is 2.47. The van der Waals surface area contributed by atoms with Crippen LogP contribution in [0.5, 0.6) is 0 Å². The Bertz CT molecular complexity index is 292. The van der Waals surface area contributed by atoms with Crippen LogP contribution in [-0.4, -0.2) is 23.2 Å². The molecule has 1 aliphatic carbocycles. The van der Waals surface area contributed by atoms with E-state index in [4.69, 9.17) is 4.42 Å². The molecular weight excluding hydrogens is 204 g/mol. The first kappa shape index (κ1) is 11.6. The molecule has 1 aliphatic rings. The lowest BCUT2D eigenvalue weighted by atomic mass is 9.74. The molecule has 0 spiro atoms. The maximum Gasteiger partial charge on any atom is 0.180 e. The van der Waals surface area contributed by atoms with Crippen LogP contribution >= 0.6 is 0 Å². The Morgan fingerprint density at radius 2 is 2.19 bits per heavy atom. The van der Waals surface area contributed by atoms with Gasteiger partial charge in [0.05, 0.1) is 12.7 Å². The van der Waals surface area contributed by atoms with E-state index in [2.05, 4.69) is 10.3 Å². The first-order valence-corrected chi connectivity index (χ1v) is 6.04. The van der Waals surface area contributed by atoms with Crippen LogP contribution in [0.15, 0.2) is 17.0 Å². The molecule has 0 aliphatic heterocycles. The van der Waals surface area contributed by atoms with Crippen molar-refractivity contribution in [1.29, 1.82) is 0 Å². The Labute approximate surface area is 96.1 Å². The summed E-state index contributed by atoms with van der Waals surface area (Å²) < 4.78 is 5.15. The third kappa shape index (κ3) is 2.83. The number of hydrogen-bond acceptors (Lipinski definition) is 4. The van der Waals surface area contributed by atoms with E-state index in [9.17, 15) is 5.11 Å². The highest BCUT2D eigenvalue weighted by Crippen LogP contribution is 2.35. The van der Waals surface area contributed by atoms with Crippen molar-refractivity contribution in [2.45, 2.75) is 38.6 Å². The summed E-state index contributed by atoms with van der Waals surface area (Å²) in [5.41, 5.74) is 0.0955. The monoisotopic (exact) mass is 224 g/mol. The summed E-state index contributed by atoms with van der Waals surface area (Å²) in [6.07, 6.45) is 9.22. The summed E-state index contributed by atoms with van der Waals surface area (Å²) >= 11 is 0. The van der Waals surface area contributed by atoms with Crippen LogP contribution in [0.25, 0.3) is 0 Å². The van der Waals surface area contributed by atoms with E-state index in [0.717, 1.165) is 25.1 Å². The van der Waals surface area contributed by atoms with Crippen LogP contribution in [0, 0.1) is 5.41 Å². The number of oxazole rings is 1. The molecule has 4 heteroatoms. The molecule has 0 amide bonds. The average Bonchev–Trinajstić information content (AvgIpc) is 2.83. The zero-order valence-electron chi connectivity index (χ0n) is 9.61. The topological polar surface area (TPSA) is 58.3 Å². The molecule has 16 heavy (non-hydrogen) atoms. The van der Waals surface area contributed by atoms with Gasteiger partial charge in [-0.1, -0.05) is 19.3 Å². The molecule has 0 aromatic carbocycles. The van der Waals surface area contributed by atoms with Crippen LogP contribution in [0.2, 0.25) is 0 Å². The van der Waals surface area contributed by atoms with E-state index in [-0.39, 0.29) is 12.0 Å². The van der Waals surface area contributed by atoms with Crippen molar-refractivity contribution in [2.24, 2.45) is 5.41 Å². The fourth-order valence-electron chi connectivity index (χ4n) is 2.47. The maximum atomic E-state index is 9.52. The van der Waals surface area contributed by atoms with Gasteiger partial charge < -0.3 is 14.8 Å². The summed E-state index contributed by atoms with van der Waals surface area (Å²) in [5, 5.41) is 12.9. The van der Waals surface area contributed by atoms with E-state index >= 15 is 0 Å². The van der Waals surface area contributed by atoms with Crippen molar-refractivity contribution in [3.63, 3.8) is 0 Å². The smallest absolute Gasteiger partial charge is 0.180 e. The Hall–Kier alpha value is -0.870. The summed E-state index contributed by atoms with van der Waals surface area (Å²) in [7, 11) is 0. The SMILES string of the molecule is OCC1(CNCc2cnco2)CCCCC1. The second-order valence-corrected chi connectivity index (χ2v) is 4.79. The molecule has 1 heterocycles. The highest BCUT2D eigenvalue weighted by Gasteiger charge is 2.30. The molecule has 2 N–H and O–H groups in total. The van der Waals surface area contributed by atoms with Gasteiger partial charge in [0.25, 0.3) is 0 Å². The van der Waals surface area contributed by atoms with Crippen LogP contribution in [0.4, 0.5) is 0 Å². The third-order valence-corrected chi connectivity index (χ3v) is 3.53. The number of nitrogens with one attached hydrogen (secondary N) is 1. The number of nitrogens with zero attached hydrogens (tertiary/aromatic N) is 1. The van der Waals surface area contributed by atoms with E-state index in [0.29, 0.717) is 6.54 Å². The van der Waals surface area contributed by atoms with Gasteiger partial charge in [-0.3, -0.25) is 0 Å². The molecule has 0 saturated heterocycles. The lowest BCUT2D eigenvalue weighted by molar-refractivity contribution is 0.0806. The van der Waals surface area contributed by atoms with Crippen LogP contribution < -0.4 is 5.32 Å². The molecule has 0 radical (unpaired) electrons. The quantitative estimate of drug-likeness (QED) is 0.799. The van der Waals surface area contributed by atoms with Crippen LogP contribution in [-0.2, 0) is 6.54 Å². The molecule has 2 rings (SSSR count). The molecule has 0 bridgehead atoms. The maximum absolute atomic E-state index is 9.52. The zero-order valence-corrected chi connectivity index (χ0v) is 9.61. The molecule has 1 fully saturated rings. The Balaban J connectivity index is 1.78. The van der Waals surface area contributed by atoms with Gasteiger partial charge in [-0.15, -0.1) is 0 Å². The molecule has 0 unspecified atom stereocenters. The largest absolute Gasteiger partial charge is 0.447 e. The predicted molar refractivity (Wildman–Crippen MR) is 60.8 cm³/mol. The van der Waals surface area contributed by atoms with Crippen LogP contribution in [0.1, 0.15) is 37.9 Å². The van der Waals surface area contributed by atoms with Gasteiger partial charge in [0, 0.05) is 18.6 Å². The van der Waals surface area contributed by atoms with Crippen molar-refractivity contribution < 1.29 is 9.52 Å². The molecule has 90 valence electrons. The third-order valence-electron chi connectivity index (χ3n) is 3.53. The zero-order chi connectivity index (χ0) is 11.3. The summed E-state index contributed by atoms with van der Waals surface area (Å²) in [6.45, 7) is 1.85. The van der Waals surface area contributed by atoms with E-state index in [1.54, 1.807) is 6.20 Å². The lowest BCUT2D eigenvalue weighted by Gasteiger charge is -2.35. The minimum Gasteiger partial charge on any atom is -0.447 e. The van der Waals surface area contributed by atoms with E-state index < -0.39 is 0 Å². The molecule has 4 nitrogen and oxygen atoms in total. The number of aliphatic hydroxyl groups excluding tert-OH is 1. The summed E-state index contributed by atoms with van der Waals surface area (Å²) in [6, 6.07) is 0. The van der Waals surface area contributed by atoms with E-state index in [1.165, 1.54) is 25.7 Å². The van der Waals surface area contributed by atoms with Crippen molar-refractivity contribution in [3.8, 4) is 0 Å². The van der Waals surface area contributed by atoms with Gasteiger partial charge in [0.15, 0.2) is 6.39 Å². The second kappa shape index (κ2) is 5.46. The molecular formula is C12H20N2O2. The highest BCUT2D eigenvalue weighted by atomic mass is 16.3. The van der Waals surface area contributed by atoms with Gasteiger partial charge >= 0.3 is 0 Å². The van der Waals surface area contributed by atoms with Gasteiger partial charge in [-0.2, -0.15) is 0 Å². The van der Waals surface area contributed by atoms with Gasteiger partial charge in [0.2, 0.25) is 0 Å². The first-order chi connectivity index (χ1) is 7.85. The van der Waals surface area contributed by atoms with Crippen LogP contribution in [0.3, 0.4) is 0 Å². The predicted octanol–water partition coefficient (Wildman–Crippen LogP) is 1.71. The minimum absolute atomic E-state index is 0.0955. The van der Waals surface area contributed by atoms with Crippen molar-refractivity contribution in [1.82, 2.24) is 10.3 Å². The minimum atomic E-state index is 0.0955. The average molecular weight is 224 g/mol. The number of hydrogen-bond donors (Lipinski definition) is 2. The van der Waals surface area contributed by atoms with Crippen molar-refractivity contribution in [2.75, 3.05) is 13.2 Å². The molecule has 1 aromatic rings. The summed E-state index contributed by atoms with van der Waals surface area (Å²) in [5.74, 6) is 0.851. The first-order valence-electron chi connectivity index (χ1n) is 6.04. The number of aliphatic hydroxyl groups is 1. The van der Waals surface area contributed by atoms with Gasteiger partial charge in [-0.05, 0) is 12.8 Å². The number of aromatic nitrogens is 1. The molecule has 1 aromatic heterocycles. The normalized spacial score (nSPS) is 19.8. The summed E-state index contributed by atoms with van der Waals surface area (Å²) in [4.78, 5) is 3.87. The fraction of sp³-hybridized carbons (Fsp3) is 0.750.